The van der Waals surface area contributed by atoms with E-state index in [-0.39, 0.29) is 17.7 Å². The van der Waals surface area contributed by atoms with E-state index in [1.807, 2.05) is 77.9 Å². The van der Waals surface area contributed by atoms with Crippen LogP contribution in [0.4, 0.5) is 10.5 Å². The molecule has 0 bridgehead atoms. The number of carbonyl (C=O) groups is 3. The molecular formula is C28H38BN3O6. The number of hydrogen-bond donors (Lipinski definition) is 2. The molecule has 0 aliphatic carbocycles. The fourth-order valence-electron chi connectivity index (χ4n) is 4.87. The molecule has 0 radical (unpaired) electrons. The van der Waals surface area contributed by atoms with E-state index in [1.54, 1.807) is 4.90 Å². The van der Waals surface area contributed by atoms with Crippen molar-refractivity contribution >= 4 is 46.9 Å². The molecule has 2 aliphatic rings. The number of anilines is 1. The molecule has 2 fully saturated rings. The molecule has 10 heteroatoms. The molecule has 2 heterocycles. The predicted molar refractivity (Wildman–Crippen MR) is 147 cm³/mol. The number of likely N-dealkylation sites (tertiary alicyclic amines) is 1. The Labute approximate surface area is 224 Å². The molecular weight excluding hydrogens is 485 g/mol. The number of nitrogens with one attached hydrogen (secondary N) is 2. The van der Waals surface area contributed by atoms with E-state index in [9.17, 15) is 14.4 Å². The molecule has 2 atom stereocenters. The Morgan fingerprint density at radius 2 is 1.66 bits per heavy atom. The zero-order valence-corrected chi connectivity index (χ0v) is 23.3. The van der Waals surface area contributed by atoms with E-state index >= 15 is 0 Å². The summed E-state index contributed by atoms with van der Waals surface area (Å²) in [7, 11) is 0.809. The average Bonchev–Trinajstić information content (AvgIpc) is 3.43. The summed E-state index contributed by atoms with van der Waals surface area (Å²) in [4.78, 5) is 39.8. The fourth-order valence-corrected chi connectivity index (χ4v) is 4.87. The molecule has 0 unspecified atom stereocenters. The molecule has 0 spiro atoms. The first-order valence-corrected chi connectivity index (χ1v) is 13.2. The van der Waals surface area contributed by atoms with Crippen molar-refractivity contribution in [3.05, 3.63) is 36.4 Å². The highest BCUT2D eigenvalue weighted by Crippen LogP contribution is 2.36. The Kier molecular flexibility index (Phi) is 7.77. The molecule has 0 saturated carbocycles. The first-order valence-electron chi connectivity index (χ1n) is 13.2. The number of hydrogen-bond acceptors (Lipinski definition) is 6. The lowest BCUT2D eigenvalue weighted by Crippen LogP contribution is -2.54. The molecule has 2 aromatic rings. The van der Waals surface area contributed by atoms with Crippen molar-refractivity contribution in [3.63, 3.8) is 0 Å². The molecule has 2 saturated heterocycles. The van der Waals surface area contributed by atoms with Crippen LogP contribution in [0.1, 0.15) is 54.4 Å². The van der Waals surface area contributed by atoms with Gasteiger partial charge in [0.2, 0.25) is 11.8 Å². The molecule has 2 N–H and O–H groups in total. The van der Waals surface area contributed by atoms with Crippen molar-refractivity contribution in [2.75, 3.05) is 19.0 Å². The number of rotatable bonds is 6. The summed E-state index contributed by atoms with van der Waals surface area (Å²) in [6, 6.07) is 10.4. The Morgan fingerprint density at radius 3 is 2.29 bits per heavy atom. The SMILES string of the molecule is COC(=O)N[C@H](C(=O)N1CCC[C@H]1C(=O)Nc1ccc2cc(B3OC(C)(C)C(C)(C)O3)ccc2c1)C(C)C. The number of fused-ring (bicyclic) bond motifs is 1. The van der Waals surface area contributed by atoms with Crippen LogP contribution in [0.5, 0.6) is 0 Å². The molecule has 38 heavy (non-hydrogen) atoms. The quantitative estimate of drug-likeness (QED) is 0.562. The van der Waals surface area contributed by atoms with Crippen molar-refractivity contribution in [2.24, 2.45) is 5.92 Å². The second-order valence-electron chi connectivity index (χ2n) is 11.4. The maximum Gasteiger partial charge on any atom is 0.494 e. The normalized spacial score (nSPS) is 21.0. The molecule has 9 nitrogen and oxygen atoms in total. The van der Waals surface area contributed by atoms with Gasteiger partial charge < -0.3 is 29.6 Å². The van der Waals surface area contributed by atoms with Crippen LogP contribution in [0.3, 0.4) is 0 Å². The van der Waals surface area contributed by atoms with Crippen molar-refractivity contribution in [1.82, 2.24) is 10.2 Å². The lowest BCUT2D eigenvalue weighted by atomic mass is 9.78. The maximum atomic E-state index is 13.3. The highest BCUT2D eigenvalue weighted by Gasteiger charge is 2.51. The van der Waals surface area contributed by atoms with Gasteiger partial charge in [0.1, 0.15) is 12.1 Å². The summed E-state index contributed by atoms with van der Waals surface area (Å²) in [6.45, 7) is 12.3. The first-order chi connectivity index (χ1) is 17.8. The summed E-state index contributed by atoms with van der Waals surface area (Å²) in [5, 5.41) is 7.55. The summed E-state index contributed by atoms with van der Waals surface area (Å²) in [5.41, 5.74) is 0.758. The topological polar surface area (TPSA) is 106 Å². The van der Waals surface area contributed by atoms with Gasteiger partial charge in [0, 0.05) is 12.2 Å². The van der Waals surface area contributed by atoms with Crippen molar-refractivity contribution in [2.45, 2.75) is 77.7 Å². The van der Waals surface area contributed by atoms with Crippen LogP contribution in [0, 0.1) is 5.92 Å². The average molecular weight is 523 g/mol. The summed E-state index contributed by atoms with van der Waals surface area (Å²) < 4.78 is 17.0. The predicted octanol–water partition coefficient (Wildman–Crippen LogP) is 3.45. The third-order valence-corrected chi connectivity index (χ3v) is 7.89. The Morgan fingerprint density at radius 1 is 1.03 bits per heavy atom. The van der Waals surface area contributed by atoms with Crippen LogP contribution in [-0.4, -0.2) is 66.9 Å². The lowest BCUT2D eigenvalue weighted by Gasteiger charge is -2.32. The summed E-state index contributed by atoms with van der Waals surface area (Å²) in [5.74, 6) is -0.685. The van der Waals surface area contributed by atoms with E-state index in [2.05, 4.69) is 15.4 Å². The zero-order valence-electron chi connectivity index (χ0n) is 23.3. The standard InChI is InChI=1S/C28H38BN3O6/c1-17(2)23(31-26(35)36-7)25(34)32-14-8-9-22(32)24(33)30-21-13-11-18-15-20(12-10-19(18)16-21)29-37-27(3,4)28(5,6)38-29/h10-13,15-17,22-23H,8-9,14H2,1-7H3,(H,30,33)(H,31,35)/t22-,23-/m0/s1. The largest absolute Gasteiger partial charge is 0.494 e. The van der Waals surface area contributed by atoms with Crippen molar-refractivity contribution < 1.29 is 28.4 Å². The molecule has 4 rings (SSSR count). The molecule has 0 aromatic heterocycles. The number of nitrogens with zero attached hydrogens (tertiary/aromatic N) is 1. The van der Waals surface area contributed by atoms with E-state index in [0.717, 1.165) is 16.2 Å². The minimum atomic E-state index is -0.769. The van der Waals surface area contributed by atoms with Gasteiger partial charge in [-0.15, -0.1) is 0 Å². The number of benzene rings is 2. The van der Waals surface area contributed by atoms with E-state index in [4.69, 9.17) is 9.31 Å². The smallest absolute Gasteiger partial charge is 0.453 e. The Hall–Kier alpha value is -3.11. The second kappa shape index (κ2) is 10.6. The van der Waals surface area contributed by atoms with Gasteiger partial charge in [-0.3, -0.25) is 9.59 Å². The highest BCUT2D eigenvalue weighted by atomic mass is 16.7. The second-order valence-corrected chi connectivity index (χ2v) is 11.4. The van der Waals surface area contributed by atoms with Gasteiger partial charge in [-0.2, -0.15) is 0 Å². The van der Waals surface area contributed by atoms with Gasteiger partial charge in [-0.25, -0.2) is 4.79 Å². The van der Waals surface area contributed by atoms with Crippen molar-refractivity contribution in [1.29, 1.82) is 0 Å². The third kappa shape index (κ3) is 5.52. The van der Waals surface area contributed by atoms with Crippen LogP contribution in [0.25, 0.3) is 10.8 Å². The van der Waals surface area contributed by atoms with Crippen LogP contribution >= 0.6 is 0 Å². The number of carbonyl (C=O) groups excluding carboxylic acids is 3. The number of ether oxygens (including phenoxy) is 1. The minimum absolute atomic E-state index is 0.159. The van der Waals surface area contributed by atoms with E-state index in [1.165, 1.54) is 7.11 Å². The number of alkyl carbamates (subject to hydrolysis) is 1. The van der Waals surface area contributed by atoms with E-state index in [0.29, 0.717) is 25.1 Å². The van der Waals surface area contributed by atoms with Gasteiger partial charge in [0.15, 0.2) is 0 Å². The van der Waals surface area contributed by atoms with Gasteiger partial charge in [0.25, 0.3) is 0 Å². The van der Waals surface area contributed by atoms with Crippen LogP contribution in [-0.2, 0) is 23.6 Å². The maximum absolute atomic E-state index is 13.3. The molecule has 3 amide bonds. The van der Waals surface area contributed by atoms with Gasteiger partial charge in [-0.05, 0) is 74.8 Å². The van der Waals surface area contributed by atoms with Gasteiger partial charge >= 0.3 is 13.2 Å². The zero-order chi connectivity index (χ0) is 27.8. The Bertz CT molecular complexity index is 1210. The summed E-state index contributed by atoms with van der Waals surface area (Å²) >= 11 is 0. The fraction of sp³-hybridized carbons (Fsp3) is 0.536. The van der Waals surface area contributed by atoms with Gasteiger partial charge in [0.05, 0.1) is 18.3 Å². The van der Waals surface area contributed by atoms with E-state index < -0.39 is 36.5 Å². The molecule has 2 aliphatic heterocycles. The highest BCUT2D eigenvalue weighted by molar-refractivity contribution is 6.62. The molecule has 204 valence electrons. The first kappa shape index (κ1) is 27.9. The van der Waals surface area contributed by atoms with Crippen LogP contribution in [0.2, 0.25) is 0 Å². The lowest BCUT2D eigenvalue weighted by molar-refractivity contribution is -0.139. The van der Waals surface area contributed by atoms with Crippen molar-refractivity contribution in [3.8, 4) is 0 Å². The minimum Gasteiger partial charge on any atom is -0.453 e. The van der Waals surface area contributed by atoms with Crippen LogP contribution < -0.4 is 16.1 Å². The Balaban J connectivity index is 1.46. The molecule has 2 aromatic carbocycles. The number of methoxy groups -OCH3 is 1. The monoisotopic (exact) mass is 523 g/mol. The van der Waals surface area contributed by atoms with Crippen LogP contribution in [0.15, 0.2) is 36.4 Å². The third-order valence-electron chi connectivity index (χ3n) is 7.89. The number of amides is 3. The summed E-state index contributed by atoms with van der Waals surface area (Å²) in [6.07, 6.45) is 0.604. The van der Waals surface area contributed by atoms with Gasteiger partial charge in [-0.1, -0.05) is 38.1 Å².